The third-order valence-corrected chi connectivity index (χ3v) is 2.10. The summed E-state index contributed by atoms with van der Waals surface area (Å²) < 4.78 is 0. The molecule has 18 heavy (non-hydrogen) atoms. The Balaban J connectivity index is 0. The van der Waals surface area contributed by atoms with Crippen molar-refractivity contribution in [2.45, 2.75) is 51.4 Å². The van der Waals surface area contributed by atoms with Gasteiger partial charge in [0.2, 0.25) is 0 Å². The standard InChI is InChI=1S/C9H16O4.C3H8O2/c10-8(11)6-4-2-1-3-5-7-9(12)13;4-2-1-3-5/h1-7H2,(H,10,11)(H,12,13);4-5H,1-3H2. The Bertz CT molecular complexity index is 185. The van der Waals surface area contributed by atoms with Gasteiger partial charge in [0.15, 0.2) is 0 Å². The Hall–Kier alpha value is -1.14. The average molecular weight is 264 g/mol. The first-order valence-corrected chi connectivity index (χ1v) is 6.20. The quantitative estimate of drug-likeness (QED) is 0.441. The van der Waals surface area contributed by atoms with Crippen LogP contribution in [-0.4, -0.2) is 45.6 Å². The van der Waals surface area contributed by atoms with Crippen LogP contribution in [0.2, 0.25) is 0 Å². The van der Waals surface area contributed by atoms with Gasteiger partial charge in [-0.05, 0) is 19.3 Å². The third-order valence-electron chi connectivity index (χ3n) is 2.10. The van der Waals surface area contributed by atoms with Crippen LogP contribution in [0.5, 0.6) is 0 Å². The van der Waals surface area contributed by atoms with E-state index in [0.29, 0.717) is 19.3 Å². The molecule has 0 bridgehead atoms. The minimum absolute atomic E-state index is 0.0938. The SMILES string of the molecule is O=C(O)CCCCCCCC(=O)O.OCCCO. The molecule has 0 saturated carbocycles. The number of hydrogen-bond acceptors (Lipinski definition) is 4. The van der Waals surface area contributed by atoms with Gasteiger partial charge < -0.3 is 20.4 Å². The Labute approximate surface area is 107 Å². The molecule has 6 nitrogen and oxygen atoms in total. The number of unbranched alkanes of at least 4 members (excludes halogenated alkanes) is 4. The molecule has 0 aliphatic carbocycles. The Morgan fingerprint density at radius 3 is 1.17 bits per heavy atom. The molecule has 0 aromatic heterocycles. The van der Waals surface area contributed by atoms with Gasteiger partial charge in [-0.2, -0.15) is 0 Å². The summed E-state index contributed by atoms with van der Waals surface area (Å²) in [6.45, 7) is 0.188. The molecule has 0 atom stereocenters. The van der Waals surface area contributed by atoms with E-state index in [2.05, 4.69) is 0 Å². The maximum Gasteiger partial charge on any atom is 0.303 e. The van der Waals surface area contributed by atoms with E-state index in [0.717, 1.165) is 19.3 Å². The highest BCUT2D eigenvalue weighted by Crippen LogP contribution is 2.06. The molecule has 0 aliphatic rings. The van der Waals surface area contributed by atoms with E-state index in [4.69, 9.17) is 20.4 Å². The van der Waals surface area contributed by atoms with Crippen LogP contribution in [0.15, 0.2) is 0 Å². The van der Waals surface area contributed by atoms with Gasteiger partial charge in [0.1, 0.15) is 0 Å². The van der Waals surface area contributed by atoms with Crippen molar-refractivity contribution in [3.8, 4) is 0 Å². The second kappa shape index (κ2) is 15.9. The van der Waals surface area contributed by atoms with E-state index in [1.165, 1.54) is 0 Å². The van der Waals surface area contributed by atoms with Crippen LogP contribution >= 0.6 is 0 Å². The summed E-state index contributed by atoms with van der Waals surface area (Å²) in [4.78, 5) is 20.2. The second-order valence-electron chi connectivity index (χ2n) is 3.86. The van der Waals surface area contributed by atoms with E-state index in [9.17, 15) is 9.59 Å². The minimum Gasteiger partial charge on any atom is -0.481 e. The maximum absolute atomic E-state index is 10.1. The van der Waals surface area contributed by atoms with Crippen molar-refractivity contribution in [3.63, 3.8) is 0 Å². The van der Waals surface area contributed by atoms with Crippen molar-refractivity contribution in [1.29, 1.82) is 0 Å². The molecule has 6 heteroatoms. The Kier molecular flexibility index (Phi) is 16.9. The fourth-order valence-electron chi connectivity index (χ4n) is 1.15. The predicted octanol–water partition coefficient (Wildman–Crippen LogP) is 1.25. The third kappa shape index (κ3) is 24.2. The van der Waals surface area contributed by atoms with E-state index in [1.807, 2.05) is 0 Å². The van der Waals surface area contributed by atoms with Gasteiger partial charge in [0.05, 0.1) is 0 Å². The monoisotopic (exact) mass is 264 g/mol. The summed E-state index contributed by atoms with van der Waals surface area (Å²) >= 11 is 0. The normalized spacial score (nSPS) is 9.44. The van der Waals surface area contributed by atoms with Gasteiger partial charge >= 0.3 is 11.9 Å². The number of carbonyl (C=O) groups is 2. The fourth-order valence-corrected chi connectivity index (χ4v) is 1.15. The Morgan fingerprint density at radius 1 is 0.611 bits per heavy atom. The molecular formula is C12H24O6. The van der Waals surface area contributed by atoms with Crippen LogP contribution in [0.3, 0.4) is 0 Å². The molecule has 0 aromatic rings. The summed E-state index contributed by atoms with van der Waals surface area (Å²) in [5.74, 6) is -1.52. The smallest absolute Gasteiger partial charge is 0.303 e. The molecule has 0 amide bonds. The molecule has 0 heterocycles. The largest absolute Gasteiger partial charge is 0.481 e. The number of aliphatic hydroxyl groups is 2. The van der Waals surface area contributed by atoms with Crippen molar-refractivity contribution in [3.05, 3.63) is 0 Å². The van der Waals surface area contributed by atoms with E-state index in [1.54, 1.807) is 0 Å². The average Bonchev–Trinajstić information content (AvgIpc) is 2.29. The number of carboxylic acid groups (broad SMARTS) is 2. The summed E-state index contributed by atoms with van der Waals surface area (Å²) in [5.41, 5.74) is 0. The minimum atomic E-state index is -0.759. The molecule has 0 fully saturated rings. The van der Waals surface area contributed by atoms with Crippen molar-refractivity contribution >= 4 is 11.9 Å². The summed E-state index contributed by atoms with van der Waals surface area (Å²) in [7, 11) is 0. The van der Waals surface area contributed by atoms with E-state index < -0.39 is 11.9 Å². The van der Waals surface area contributed by atoms with Gasteiger partial charge in [0, 0.05) is 26.1 Å². The molecule has 0 rings (SSSR count). The van der Waals surface area contributed by atoms with Gasteiger partial charge in [-0.3, -0.25) is 9.59 Å². The lowest BCUT2D eigenvalue weighted by atomic mass is 10.1. The summed E-state index contributed by atoms with van der Waals surface area (Å²) in [5, 5.41) is 32.4. The van der Waals surface area contributed by atoms with Crippen molar-refractivity contribution < 1.29 is 30.0 Å². The molecule has 108 valence electrons. The zero-order valence-electron chi connectivity index (χ0n) is 10.7. The first kappa shape index (κ1) is 19.2. The van der Waals surface area contributed by atoms with Gasteiger partial charge in [0.25, 0.3) is 0 Å². The molecule has 0 spiro atoms. The van der Waals surface area contributed by atoms with E-state index in [-0.39, 0.29) is 26.1 Å². The summed E-state index contributed by atoms with van der Waals surface area (Å²) in [6, 6.07) is 0. The van der Waals surface area contributed by atoms with Crippen LogP contribution in [-0.2, 0) is 9.59 Å². The predicted molar refractivity (Wildman–Crippen MR) is 66.4 cm³/mol. The zero-order valence-corrected chi connectivity index (χ0v) is 10.7. The molecular weight excluding hydrogens is 240 g/mol. The number of aliphatic carboxylic acids is 2. The number of carboxylic acids is 2. The molecule has 4 N–H and O–H groups in total. The molecule has 0 aromatic carbocycles. The first-order chi connectivity index (χ1) is 8.54. The maximum atomic E-state index is 10.1. The number of aliphatic hydroxyl groups excluding tert-OH is 2. The second-order valence-corrected chi connectivity index (χ2v) is 3.86. The molecule has 0 aliphatic heterocycles. The number of rotatable bonds is 10. The summed E-state index contributed by atoms with van der Waals surface area (Å²) in [6.07, 6.45) is 5.03. The van der Waals surface area contributed by atoms with Crippen LogP contribution in [0, 0.1) is 0 Å². The van der Waals surface area contributed by atoms with Gasteiger partial charge in [-0.15, -0.1) is 0 Å². The van der Waals surface area contributed by atoms with Crippen LogP contribution < -0.4 is 0 Å². The highest BCUT2D eigenvalue weighted by molar-refractivity contribution is 5.66. The van der Waals surface area contributed by atoms with E-state index >= 15 is 0 Å². The van der Waals surface area contributed by atoms with Gasteiger partial charge in [-0.1, -0.05) is 19.3 Å². The molecule has 0 radical (unpaired) electrons. The lowest BCUT2D eigenvalue weighted by Crippen LogP contribution is -1.95. The highest BCUT2D eigenvalue weighted by Gasteiger charge is 1.98. The zero-order chi connectivity index (χ0) is 14.2. The van der Waals surface area contributed by atoms with Crippen molar-refractivity contribution in [2.75, 3.05) is 13.2 Å². The van der Waals surface area contributed by atoms with Crippen molar-refractivity contribution in [1.82, 2.24) is 0 Å². The highest BCUT2D eigenvalue weighted by atomic mass is 16.4. The van der Waals surface area contributed by atoms with Gasteiger partial charge in [-0.25, -0.2) is 0 Å². The lowest BCUT2D eigenvalue weighted by molar-refractivity contribution is -0.138. The number of hydrogen-bond donors (Lipinski definition) is 4. The first-order valence-electron chi connectivity index (χ1n) is 6.20. The van der Waals surface area contributed by atoms with Crippen LogP contribution in [0.25, 0.3) is 0 Å². The lowest BCUT2D eigenvalue weighted by Gasteiger charge is -1.97. The molecule has 0 unspecified atom stereocenters. The van der Waals surface area contributed by atoms with Crippen molar-refractivity contribution in [2.24, 2.45) is 0 Å². The topological polar surface area (TPSA) is 115 Å². The molecule has 0 saturated heterocycles. The Morgan fingerprint density at radius 2 is 0.944 bits per heavy atom. The van der Waals surface area contributed by atoms with Crippen LogP contribution in [0.1, 0.15) is 51.4 Å². The fraction of sp³-hybridized carbons (Fsp3) is 0.833. The van der Waals surface area contributed by atoms with Crippen LogP contribution in [0.4, 0.5) is 0 Å².